The van der Waals surface area contributed by atoms with E-state index in [1.807, 2.05) is 6.92 Å². The molecule has 6 heteroatoms. The molecule has 2 N–H and O–H groups in total. The van der Waals surface area contributed by atoms with E-state index in [1.165, 1.54) is 11.9 Å². The molecule has 138 valence electrons. The number of aliphatic carboxylic acids is 1. The highest BCUT2D eigenvalue weighted by Gasteiger charge is 2.38. The van der Waals surface area contributed by atoms with Gasteiger partial charge in [-0.3, -0.25) is 9.59 Å². The molecule has 0 aromatic carbocycles. The number of hydrogen-bond acceptors (Lipinski definition) is 3. The summed E-state index contributed by atoms with van der Waals surface area (Å²) in [5, 5.41) is 12.3. The number of carbonyl (C=O) groups is 3. The van der Waals surface area contributed by atoms with Crippen molar-refractivity contribution in [3.8, 4) is 0 Å². The van der Waals surface area contributed by atoms with Crippen LogP contribution in [0, 0.1) is 11.3 Å². The Hall–Kier alpha value is -1.59. The molecule has 0 spiro atoms. The van der Waals surface area contributed by atoms with E-state index in [0.29, 0.717) is 12.8 Å². The minimum absolute atomic E-state index is 0.0855. The van der Waals surface area contributed by atoms with E-state index in [1.54, 1.807) is 20.8 Å². The number of likely N-dealkylation sites (N-methyl/N-ethyl adjacent to an activating group) is 1. The highest BCUT2D eigenvalue weighted by atomic mass is 16.4. The third-order valence-corrected chi connectivity index (χ3v) is 4.77. The lowest BCUT2D eigenvalue weighted by Crippen LogP contribution is -2.56. The van der Waals surface area contributed by atoms with Gasteiger partial charge in [0, 0.05) is 12.5 Å². The summed E-state index contributed by atoms with van der Waals surface area (Å²) in [6, 6.07) is -1.49. The van der Waals surface area contributed by atoms with E-state index in [9.17, 15) is 19.5 Å². The van der Waals surface area contributed by atoms with Crippen LogP contribution >= 0.6 is 0 Å². The van der Waals surface area contributed by atoms with Gasteiger partial charge in [-0.1, -0.05) is 47.0 Å². The van der Waals surface area contributed by atoms with Crippen LogP contribution in [-0.2, 0) is 14.4 Å². The number of nitrogens with one attached hydrogen (secondary N) is 1. The third kappa shape index (κ3) is 5.21. The van der Waals surface area contributed by atoms with Crippen LogP contribution in [0.1, 0.15) is 66.2 Å². The van der Waals surface area contributed by atoms with Gasteiger partial charge in [0.05, 0.1) is 0 Å². The van der Waals surface area contributed by atoms with Crippen molar-refractivity contribution in [1.29, 1.82) is 0 Å². The van der Waals surface area contributed by atoms with Crippen LogP contribution < -0.4 is 5.32 Å². The lowest BCUT2D eigenvalue weighted by molar-refractivity contribution is -0.151. The van der Waals surface area contributed by atoms with Crippen LogP contribution in [-0.4, -0.2) is 46.9 Å². The molecule has 6 nitrogen and oxygen atoms in total. The van der Waals surface area contributed by atoms with Crippen molar-refractivity contribution in [3.63, 3.8) is 0 Å². The van der Waals surface area contributed by atoms with Crippen molar-refractivity contribution >= 4 is 17.8 Å². The van der Waals surface area contributed by atoms with Crippen LogP contribution in [0.2, 0.25) is 0 Å². The molecule has 0 aromatic rings. The van der Waals surface area contributed by atoms with E-state index in [-0.39, 0.29) is 17.7 Å². The standard InChI is InChI=1S/C18H32N2O4/c1-6-9-13(16(22)23)20(5)15(21)14(12-10-7-8-11-12)19-17(24)18(2,3)4/h12-14H,6-11H2,1-5H3,(H,19,24)(H,22,23)/t13-,14+/m0/s1. The first-order valence-electron chi connectivity index (χ1n) is 8.90. The van der Waals surface area contributed by atoms with E-state index in [0.717, 1.165) is 25.7 Å². The summed E-state index contributed by atoms with van der Waals surface area (Å²) in [5.41, 5.74) is -0.592. The highest BCUT2D eigenvalue weighted by molar-refractivity contribution is 5.91. The van der Waals surface area contributed by atoms with Crippen LogP contribution in [0.5, 0.6) is 0 Å². The number of carboxylic acids is 1. The Labute approximate surface area is 145 Å². The van der Waals surface area contributed by atoms with Crippen LogP contribution in [0.3, 0.4) is 0 Å². The molecule has 0 radical (unpaired) electrons. The Morgan fingerprint density at radius 2 is 1.75 bits per heavy atom. The smallest absolute Gasteiger partial charge is 0.326 e. The predicted molar refractivity (Wildman–Crippen MR) is 92.4 cm³/mol. The van der Waals surface area contributed by atoms with Gasteiger partial charge in [-0.15, -0.1) is 0 Å². The predicted octanol–water partition coefficient (Wildman–Crippen LogP) is 2.42. The summed E-state index contributed by atoms with van der Waals surface area (Å²) in [7, 11) is 1.53. The average molecular weight is 340 g/mol. The highest BCUT2D eigenvalue weighted by Crippen LogP contribution is 2.29. The maximum Gasteiger partial charge on any atom is 0.326 e. The summed E-state index contributed by atoms with van der Waals surface area (Å²) < 4.78 is 0. The number of carbonyl (C=O) groups excluding carboxylic acids is 2. The molecule has 24 heavy (non-hydrogen) atoms. The van der Waals surface area contributed by atoms with Crippen LogP contribution in [0.15, 0.2) is 0 Å². The summed E-state index contributed by atoms with van der Waals surface area (Å²) in [6.45, 7) is 7.31. The first-order valence-corrected chi connectivity index (χ1v) is 8.90. The van der Waals surface area contributed by atoms with Crippen molar-refractivity contribution in [2.45, 2.75) is 78.3 Å². The Bertz CT molecular complexity index is 464. The molecule has 0 saturated heterocycles. The zero-order valence-corrected chi connectivity index (χ0v) is 15.6. The SMILES string of the molecule is CCC[C@@H](C(=O)O)N(C)C(=O)[C@H](NC(=O)C(C)(C)C)C1CCCC1. The number of nitrogens with zero attached hydrogens (tertiary/aromatic N) is 1. The molecule has 1 fully saturated rings. The average Bonchev–Trinajstić information content (AvgIpc) is 3.01. The van der Waals surface area contributed by atoms with E-state index in [2.05, 4.69) is 5.32 Å². The zero-order chi connectivity index (χ0) is 18.5. The van der Waals surface area contributed by atoms with Crippen LogP contribution in [0.4, 0.5) is 0 Å². The monoisotopic (exact) mass is 340 g/mol. The molecule has 2 atom stereocenters. The van der Waals surface area contributed by atoms with Gasteiger partial charge in [-0.2, -0.15) is 0 Å². The zero-order valence-electron chi connectivity index (χ0n) is 15.6. The minimum atomic E-state index is -1.000. The summed E-state index contributed by atoms with van der Waals surface area (Å²) in [5.74, 6) is -1.38. The number of carboxylic acid groups (broad SMARTS) is 1. The molecule has 0 bridgehead atoms. The second-order valence-corrected chi connectivity index (χ2v) is 7.84. The lowest BCUT2D eigenvalue weighted by Gasteiger charge is -2.33. The molecule has 2 amide bonds. The molecular weight excluding hydrogens is 308 g/mol. The second-order valence-electron chi connectivity index (χ2n) is 7.84. The fraction of sp³-hybridized carbons (Fsp3) is 0.833. The normalized spacial score (nSPS) is 18.0. The molecule has 1 rings (SSSR count). The van der Waals surface area contributed by atoms with Gasteiger partial charge in [-0.25, -0.2) is 4.79 Å². The number of rotatable bonds is 7. The maximum atomic E-state index is 13.0. The Balaban J connectivity index is 2.97. The van der Waals surface area contributed by atoms with Gasteiger partial charge in [-0.05, 0) is 25.2 Å². The van der Waals surface area contributed by atoms with Gasteiger partial charge in [0.2, 0.25) is 11.8 Å². The van der Waals surface area contributed by atoms with Gasteiger partial charge >= 0.3 is 5.97 Å². The molecule has 0 aromatic heterocycles. The molecule has 0 aliphatic heterocycles. The van der Waals surface area contributed by atoms with Crippen molar-refractivity contribution < 1.29 is 19.5 Å². The van der Waals surface area contributed by atoms with Gasteiger partial charge in [0.25, 0.3) is 0 Å². The quantitative estimate of drug-likeness (QED) is 0.745. The van der Waals surface area contributed by atoms with Crippen molar-refractivity contribution in [3.05, 3.63) is 0 Å². The molecule has 0 unspecified atom stereocenters. The van der Waals surface area contributed by atoms with E-state index in [4.69, 9.17) is 0 Å². The molecule has 1 saturated carbocycles. The summed E-state index contributed by atoms with van der Waals surface area (Å²) in [4.78, 5) is 38.1. The molecule has 1 aliphatic rings. The number of hydrogen-bond donors (Lipinski definition) is 2. The maximum absolute atomic E-state index is 13.0. The minimum Gasteiger partial charge on any atom is -0.480 e. The largest absolute Gasteiger partial charge is 0.480 e. The number of amides is 2. The fourth-order valence-electron chi connectivity index (χ4n) is 3.16. The van der Waals surface area contributed by atoms with Crippen molar-refractivity contribution in [2.24, 2.45) is 11.3 Å². The van der Waals surface area contributed by atoms with Gasteiger partial charge in [0.1, 0.15) is 12.1 Å². The summed E-state index contributed by atoms with van der Waals surface area (Å²) in [6.07, 6.45) is 4.95. The Morgan fingerprint density at radius 1 is 1.21 bits per heavy atom. The molecule has 1 aliphatic carbocycles. The topological polar surface area (TPSA) is 86.7 Å². The van der Waals surface area contributed by atoms with Crippen molar-refractivity contribution in [2.75, 3.05) is 7.05 Å². The van der Waals surface area contributed by atoms with Crippen molar-refractivity contribution in [1.82, 2.24) is 10.2 Å². The first-order chi connectivity index (χ1) is 11.1. The third-order valence-electron chi connectivity index (χ3n) is 4.77. The Morgan fingerprint density at radius 3 is 2.17 bits per heavy atom. The fourth-order valence-corrected chi connectivity index (χ4v) is 3.16. The first kappa shape index (κ1) is 20.5. The second kappa shape index (κ2) is 8.49. The lowest BCUT2D eigenvalue weighted by atomic mass is 9.91. The summed E-state index contributed by atoms with van der Waals surface area (Å²) >= 11 is 0. The van der Waals surface area contributed by atoms with E-state index < -0.39 is 23.5 Å². The van der Waals surface area contributed by atoms with E-state index >= 15 is 0 Å². The molecular formula is C18H32N2O4. The Kier molecular flexibility index (Phi) is 7.24. The van der Waals surface area contributed by atoms with Crippen LogP contribution in [0.25, 0.3) is 0 Å². The molecule has 0 heterocycles. The van der Waals surface area contributed by atoms with Gasteiger partial charge < -0.3 is 15.3 Å². The van der Waals surface area contributed by atoms with Gasteiger partial charge in [0.15, 0.2) is 0 Å².